The Kier molecular flexibility index (Phi) is 5.10. The lowest BCUT2D eigenvalue weighted by molar-refractivity contribution is 0.104. The molecule has 0 atom stereocenters. The molecule has 0 aliphatic heterocycles. The Morgan fingerprint density at radius 2 is 1.72 bits per heavy atom. The minimum Gasteiger partial charge on any atom is -0.321 e. The van der Waals surface area contributed by atoms with E-state index in [-0.39, 0.29) is 5.56 Å². The molecule has 0 saturated carbocycles. The van der Waals surface area contributed by atoms with Gasteiger partial charge in [-0.3, -0.25) is 9.59 Å². The Morgan fingerprint density at radius 1 is 0.966 bits per heavy atom. The van der Waals surface area contributed by atoms with E-state index in [1.54, 1.807) is 66.7 Å². The van der Waals surface area contributed by atoms with Crippen molar-refractivity contribution in [2.45, 2.75) is 0 Å². The van der Waals surface area contributed by atoms with Crippen molar-refractivity contribution in [2.75, 3.05) is 0 Å². The van der Waals surface area contributed by atoms with Gasteiger partial charge >= 0.3 is 0 Å². The molecule has 142 valence electrons. The van der Waals surface area contributed by atoms with Crippen LogP contribution in [0.15, 0.2) is 83.7 Å². The number of ketones is 1. The van der Waals surface area contributed by atoms with Crippen LogP contribution in [0.1, 0.15) is 15.9 Å². The Hall–Kier alpha value is -3.50. The first-order valence-corrected chi connectivity index (χ1v) is 9.29. The first-order valence-electron chi connectivity index (χ1n) is 8.92. The van der Waals surface area contributed by atoms with E-state index >= 15 is 0 Å². The van der Waals surface area contributed by atoms with Crippen LogP contribution in [0.5, 0.6) is 0 Å². The maximum absolute atomic E-state index is 13.9. The number of pyridine rings is 1. The van der Waals surface area contributed by atoms with E-state index in [4.69, 9.17) is 11.6 Å². The fourth-order valence-corrected chi connectivity index (χ4v) is 3.38. The monoisotopic (exact) mass is 403 g/mol. The number of hydrogen-bond donors (Lipinski definition) is 1. The number of aromatic nitrogens is 1. The zero-order valence-electron chi connectivity index (χ0n) is 15.2. The van der Waals surface area contributed by atoms with Crippen LogP contribution in [0.2, 0.25) is 5.02 Å². The molecule has 0 spiro atoms. The molecule has 1 aromatic heterocycles. The normalized spacial score (nSPS) is 11.2. The number of H-pyrrole nitrogens is 1. The fraction of sp³-hybridized carbons (Fsp3) is 0. The van der Waals surface area contributed by atoms with E-state index < -0.39 is 17.2 Å². The number of benzene rings is 3. The van der Waals surface area contributed by atoms with E-state index in [2.05, 4.69) is 4.98 Å². The number of rotatable bonds is 4. The quantitative estimate of drug-likeness (QED) is 0.341. The van der Waals surface area contributed by atoms with Crippen LogP contribution < -0.4 is 5.56 Å². The van der Waals surface area contributed by atoms with Crippen molar-refractivity contribution in [1.82, 2.24) is 4.98 Å². The molecule has 5 heteroatoms. The minimum atomic E-state index is -0.520. The van der Waals surface area contributed by atoms with Gasteiger partial charge in [0.15, 0.2) is 5.78 Å². The third-order valence-corrected chi connectivity index (χ3v) is 4.83. The van der Waals surface area contributed by atoms with Crippen LogP contribution in [0.4, 0.5) is 4.39 Å². The topological polar surface area (TPSA) is 49.9 Å². The average molecular weight is 404 g/mol. The van der Waals surface area contributed by atoms with Crippen molar-refractivity contribution < 1.29 is 9.18 Å². The number of carbonyl (C=O) groups excluding carboxylic acids is 1. The lowest BCUT2D eigenvalue weighted by Gasteiger charge is -2.11. The predicted octanol–water partition coefficient (Wildman–Crippen LogP) is 5.88. The summed E-state index contributed by atoms with van der Waals surface area (Å²) in [4.78, 5) is 28.5. The molecule has 0 amide bonds. The van der Waals surface area contributed by atoms with Crippen molar-refractivity contribution >= 4 is 34.4 Å². The maximum Gasteiger partial charge on any atom is 0.260 e. The summed E-state index contributed by atoms with van der Waals surface area (Å²) < 4.78 is 13.9. The van der Waals surface area contributed by atoms with Crippen LogP contribution in [-0.4, -0.2) is 10.8 Å². The molecule has 0 aliphatic rings. The molecular formula is C24H15ClFNO2. The second-order valence-corrected chi connectivity index (χ2v) is 6.95. The number of hydrogen-bond acceptors (Lipinski definition) is 2. The maximum atomic E-state index is 13.9. The molecule has 0 saturated heterocycles. The molecule has 1 N–H and O–H groups in total. The van der Waals surface area contributed by atoms with Crippen LogP contribution in [0.3, 0.4) is 0 Å². The van der Waals surface area contributed by atoms with E-state index in [0.29, 0.717) is 27.1 Å². The highest BCUT2D eigenvalue weighted by molar-refractivity contribution is 6.30. The lowest BCUT2D eigenvalue weighted by atomic mass is 9.93. The Labute approximate surface area is 171 Å². The molecule has 0 radical (unpaired) electrons. The largest absolute Gasteiger partial charge is 0.321 e. The van der Waals surface area contributed by atoms with Crippen LogP contribution in [0.25, 0.3) is 28.1 Å². The summed E-state index contributed by atoms with van der Waals surface area (Å²) in [5.41, 5.74) is 1.68. The summed E-state index contributed by atoms with van der Waals surface area (Å²) >= 11 is 5.88. The van der Waals surface area contributed by atoms with Gasteiger partial charge in [-0.1, -0.05) is 60.1 Å². The van der Waals surface area contributed by atoms with Crippen molar-refractivity contribution in [3.63, 3.8) is 0 Å². The summed E-state index contributed by atoms with van der Waals surface area (Å²) in [6.45, 7) is 0. The fourth-order valence-electron chi connectivity index (χ4n) is 3.25. The van der Waals surface area contributed by atoms with Gasteiger partial charge in [0.2, 0.25) is 0 Å². The highest BCUT2D eigenvalue weighted by atomic mass is 35.5. The average Bonchev–Trinajstić information content (AvgIpc) is 2.72. The van der Waals surface area contributed by atoms with Crippen molar-refractivity contribution in [3.05, 3.63) is 111 Å². The van der Waals surface area contributed by atoms with Gasteiger partial charge in [0.1, 0.15) is 5.82 Å². The first kappa shape index (κ1) is 18.8. The predicted molar refractivity (Wildman–Crippen MR) is 115 cm³/mol. The highest BCUT2D eigenvalue weighted by Crippen LogP contribution is 2.30. The Balaban J connectivity index is 1.90. The third kappa shape index (κ3) is 3.89. The molecule has 4 rings (SSSR count). The van der Waals surface area contributed by atoms with E-state index in [0.717, 1.165) is 5.56 Å². The number of fused-ring (bicyclic) bond motifs is 1. The molecule has 1 heterocycles. The number of carbonyl (C=O) groups is 1. The van der Waals surface area contributed by atoms with Gasteiger partial charge in [0, 0.05) is 21.5 Å². The summed E-state index contributed by atoms with van der Waals surface area (Å²) in [7, 11) is 0. The van der Waals surface area contributed by atoms with Gasteiger partial charge in [-0.15, -0.1) is 0 Å². The van der Waals surface area contributed by atoms with Gasteiger partial charge in [-0.05, 0) is 47.5 Å². The van der Waals surface area contributed by atoms with Gasteiger partial charge in [-0.25, -0.2) is 4.39 Å². The summed E-state index contributed by atoms with van der Waals surface area (Å²) in [6, 6.07) is 20.0. The summed E-state index contributed by atoms with van der Waals surface area (Å²) in [6.07, 6.45) is 2.95. The molecule has 0 aliphatic carbocycles. The van der Waals surface area contributed by atoms with Gasteiger partial charge in [0.25, 0.3) is 5.56 Å². The molecule has 3 nitrogen and oxygen atoms in total. The number of aromatic amines is 1. The van der Waals surface area contributed by atoms with Crippen molar-refractivity contribution in [1.29, 1.82) is 0 Å². The molecule has 0 unspecified atom stereocenters. The van der Waals surface area contributed by atoms with Gasteiger partial charge in [0.05, 0.1) is 5.56 Å². The second-order valence-electron chi connectivity index (χ2n) is 6.51. The second kappa shape index (κ2) is 7.86. The molecule has 3 aromatic carbocycles. The van der Waals surface area contributed by atoms with Crippen molar-refractivity contribution in [3.8, 4) is 11.1 Å². The standard InChI is InChI=1S/C24H15ClFNO2/c25-17-11-8-15(9-12-17)10-13-21(28)23-22(16-4-3-5-18(26)14-16)19-6-1-2-7-20(19)27-24(23)29/h1-14H,(H,27,29)/b13-10+. The van der Waals surface area contributed by atoms with E-state index in [1.807, 2.05) is 0 Å². The molecule has 0 bridgehead atoms. The smallest absolute Gasteiger partial charge is 0.260 e. The molecule has 29 heavy (non-hydrogen) atoms. The Morgan fingerprint density at radius 3 is 2.48 bits per heavy atom. The number of para-hydroxylation sites is 1. The van der Waals surface area contributed by atoms with E-state index in [1.165, 1.54) is 18.2 Å². The highest BCUT2D eigenvalue weighted by Gasteiger charge is 2.19. The summed E-state index contributed by atoms with van der Waals surface area (Å²) in [5, 5.41) is 1.26. The molecule has 0 fully saturated rings. The molecular weight excluding hydrogens is 389 g/mol. The van der Waals surface area contributed by atoms with Gasteiger partial charge in [-0.2, -0.15) is 0 Å². The zero-order valence-corrected chi connectivity index (χ0v) is 15.9. The summed E-state index contributed by atoms with van der Waals surface area (Å²) in [5.74, 6) is -0.909. The molecule has 4 aromatic rings. The number of halogens is 2. The lowest BCUT2D eigenvalue weighted by Crippen LogP contribution is -2.18. The zero-order chi connectivity index (χ0) is 20.4. The third-order valence-electron chi connectivity index (χ3n) is 4.58. The number of allylic oxidation sites excluding steroid dienone is 1. The first-order chi connectivity index (χ1) is 14.0. The SMILES string of the molecule is O=C(/C=C/c1ccc(Cl)cc1)c1c(-c2cccc(F)c2)c2ccccc2[nH]c1=O. The van der Waals surface area contributed by atoms with Crippen LogP contribution in [0, 0.1) is 5.82 Å². The van der Waals surface area contributed by atoms with Crippen LogP contribution in [-0.2, 0) is 0 Å². The van der Waals surface area contributed by atoms with Gasteiger partial charge < -0.3 is 4.98 Å². The van der Waals surface area contributed by atoms with E-state index in [9.17, 15) is 14.0 Å². The number of nitrogens with one attached hydrogen (secondary N) is 1. The minimum absolute atomic E-state index is 0.0282. The Bertz CT molecular complexity index is 1310. The van der Waals surface area contributed by atoms with Crippen molar-refractivity contribution in [2.24, 2.45) is 0 Å². The van der Waals surface area contributed by atoms with Crippen LogP contribution >= 0.6 is 11.6 Å².